The minimum atomic E-state index is -0.784. The van der Waals surface area contributed by atoms with Gasteiger partial charge in [-0.2, -0.15) is 0 Å². The van der Waals surface area contributed by atoms with Crippen molar-refractivity contribution in [1.29, 1.82) is 0 Å². The molecule has 1 N–H and O–H groups in total. The van der Waals surface area contributed by atoms with E-state index in [1.54, 1.807) is 56.7 Å². The van der Waals surface area contributed by atoms with Crippen molar-refractivity contribution in [3.63, 3.8) is 0 Å². The summed E-state index contributed by atoms with van der Waals surface area (Å²) < 4.78 is 21.3. The van der Waals surface area contributed by atoms with Gasteiger partial charge in [0, 0.05) is 25.8 Å². The molecule has 0 bridgehead atoms. The van der Waals surface area contributed by atoms with Crippen LogP contribution in [-0.4, -0.2) is 62.8 Å². The molecule has 176 valence electrons. The molecule has 1 amide bonds. The first kappa shape index (κ1) is 24.1. The van der Waals surface area contributed by atoms with Crippen LogP contribution in [0.25, 0.3) is 5.76 Å². The van der Waals surface area contributed by atoms with Crippen molar-refractivity contribution in [1.82, 2.24) is 4.90 Å². The Hall–Kier alpha value is -3.52. The van der Waals surface area contributed by atoms with Crippen LogP contribution in [0.4, 0.5) is 0 Å². The van der Waals surface area contributed by atoms with Crippen LogP contribution in [0.3, 0.4) is 0 Å². The molecule has 1 fully saturated rings. The standard InChI is InChI=1S/C25H29NO7/c1-5-33-19-12-9-17(15-20(19)32-4)22-21(23(27)16-7-10-18(31-3)11-8-16)24(28)25(29)26(22)13-6-14-30-2/h7-12,15,22,27H,5-6,13-14H2,1-4H3/t22-/m1/s1. The summed E-state index contributed by atoms with van der Waals surface area (Å²) in [6.07, 6.45) is 0.538. The van der Waals surface area contributed by atoms with Crippen LogP contribution in [0.5, 0.6) is 17.2 Å². The number of carbonyl (C=O) groups excluding carboxylic acids is 2. The predicted octanol–water partition coefficient (Wildman–Crippen LogP) is 3.56. The molecule has 1 aliphatic heterocycles. The zero-order valence-corrected chi connectivity index (χ0v) is 19.3. The number of methoxy groups -OCH3 is 3. The summed E-state index contributed by atoms with van der Waals surface area (Å²) in [6, 6.07) is 11.1. The van der Waals surface area contributed by atoms with Crippen LogP contribution < -0.4 is 14.2 Å². The molecule has 1 saturated heterocycles. The summed E-state index contributed by atoms with van der Waals surface area (Å²) in [7, 11) is 4.64. The monoisotopic (exact) mass is 455 g/mol. The summed E-state index contributed by atoms with van der Waals surface area (Å²) in [5, 5.41) is 11.1. The smallest absolute Gasteiger partial charge is 0.295 e. The molecule has 1 atom stereocenters. The second kappa shape index (κ2) is 10.9. The van der Waals surface area contributed by atoms with Gasteiger partial charge in [0.1, 0.15) is 11.5 Å². The zero-order valence-electron chi connectivity index (χ0n) is 19.3. The fourth-order valence-electron chi connectivity index (χ4n) is 3.87. The number of ketones is 1. The largest absolute Gasteiger partial charge is 0.507 e. The average Bonchev–Trinajstić information content (AvgIpc) is 3.09. The maximum absolute atomic E-state index is 13.1. The number of carbonyl (C=O) groups is 2. The predicted molar refractivity (Wildman–Crippen MR) is 123 cm³/mol. The van der Waals surface area contributed by atoms with E-state index in [2.05, 4.69) is 0 Å². The van der Waals surface area contributed by atoms with E-state index in [0.717, 1.165) is 0 Å². The van der Waals surface area contributed by atoms with Gasteiger partial charge in [-0.1, -0.05) is 6.07 Å². The lowest BCUT2D eigenvalue weighted by atomic mass is 9.95. The van der Waals surface area contributed by atoms with Gasteiger partial charge in [0.15, 0.2) is 11.5 Å². The second-order valence-electron chi connectivity index (χ2n) is 7.41. The van der Waals surface area contributed by atoms with Crippen molar-refractivity contribution in [3.05, 3.63) is 59.2 Å². The van der Waals surface area contributed by atoms with Gasteiger partial charge in [-0.05, 0) is 55.3 Å². The summed E-state index contributed by atoms with van der Waals surface area (Å²) in [5.74, 6) is -0.0171. The van der Waals surface area contributed by atoms with Gasteiger partial charge in [0.25, 0.3) is 11.7 Å². The highest BCUT2D eigenvalue weighted by atomic mass is 16.5. The molecule has 0 aromatic heterocycles. The number of hydrogen-bond acceptors (Lipinski definition) is 7. The molecule has 1 aliphatic rings. The van der Waals surface area contributed by atoms with Crippen molar-refractivity contribution in [2.45, 2.75) is 19.4 Å². The molecule has 8 heteroatoms. The second-order valence-corrected chi connectivity index (χ2v) is 7.41. The molecule has 2 aromatic rings. The lowest BCUT2D eigenvalue weighted by molar-refractivity contribution is -0.140. The number of ether oxygens (including phenoxy) is 4. The van der Waals surface area contributed by atoms with E-state index in [1.165, 1.54) is 12.0 Å². The summed E-state index contributed by atoms with van der Waals surface area (Å²) in [4.78, 5) is 27.5. The highest BCUT2D eigenvalue weighted by Crippen LogP contribution is 2.42. The molecular formula is C25H29NO7. The fourth-order valence-corrected chi connectivity index (χ4v) is 3.87. The number of benzene rings is 2. The van der Waals surface area contributed by atoms with Gasteiger partial charge < -0.3 is 29.0 Å². The Morgan fingerprint density at radius 1 is 1.00 bits per heavy atom. The number of nitrogens with zero attached hydrogens (tertiary/aromatic N) is 1. The number of hydrogen-bond donors (Lipinski definition) is 1. The van der Waals surface area contributed by atoms with Gasteiger partial charge in [0.05, 0.1) is 32.4 Å². The molecule has 2 aromatic carbocycles. The Kier molecular flexibility index (Phi) is 7.95. The highest BCUT2D eigenvalue weighted by molar-refractivity contribution is 6.46. The highest BCUT2D eigenvalue weighted by Gasteiger charge is 2.46. The zero-order chi connectivity index (χ0) is 24.0. The van der Waals surface area contributed by atoms with Crippen molar-refractivity contribution >= 4 is 17.4 Å². The number of Topliss-reactive ketones (excluding diaryl/α,β-unsaturated/α-hetero) is 1. The van der Waals surface area contributed by atoms with Gasteiger partial charge in [-0.25, -0.2) is 0 Å². The first-order valence-corrected chi connectivity index (χ1v) is 10.7. The molecule has 0 unspecified atom stereocenters. The van der Waals surface area contributed by atoms with Crippen LogP contribution in [0.15, 0.2) is 48.0 Å². The first-order chi connectivity index (χ1) is 16.0. The van der Waals surface area contributed by atoms with E-state index in [4.69, 9.17) is 18.9 Å². The maximum atomic E-state index is 13.1. The normalized spacial score (nSPS) is 17.3. The van der Waals surface area contributed by atoms with Crippen molar-refractivity contribution in [2.75, 3.05) is 41.1 Å². The van der Waals surface area contributed by atoms with Gasteiger partial charge in [0.2, 0.25) is 0 Å². The Labute approximate surface area is 193 Å². The number of aliphatic hydroxyl groups is 1. The number of rotatable bonds is 10. The summed E-state index contributed by atoms with van der Waals surface area (Å²) >= 11 is 0. The van der Waals surface area contributed by atoms with Crippen LogP contribution >= 0.6 is 0 Å². The number of aliphatic hydroxyl groups excluding tert-OH is 1. The topological polar surface area (TPSA) is 94.5 Å². The first-order valence-electron chi connectivity index (χ1n) is 10.7. The third kappa shape index (κ3) is 4.96. The van der Waals surface area contributed by atoms with Crippen molar-refractivity contribution < 1.29 is 33.6 Å². The molecule has 33 heavy (non-hydrogen) atoms. The van der Waals surface area contributed by atoms with Gasteiger partial charge >= 0.3 is 0 Å². The molecule has 0 aliphatic carbocycles. The van der Waals surface area contributed by atoms with Crippen LogP contribution in [0, 0.1) is 0 Å². The van der Waals surface area contributed by atoms with E-state index in [1.807, 2.05) is 6.92 Å². The molecule has 0 saturated carbocycles. The maximum Gasteiger partial charge on any atom is 0.295 e. The molecular weight excluding hydrogens is 426 g/mol. The lowest BCUT2D eigenvalue weighted by Crippen LogP contribution is -2.31. The Bertz CT molecular complexity index is 1030. The van der Waals surface area contributed by atoms with E-state index < -0.39 is 17.7 Å². The number of likely N-dealkylation sites (tertiary alicyclic amines) is 1. The summed E-state index contributed by atoms with van der Waals surface area (Å²) in [6.45, 7) is 3.05. The third-order valence-corrected chi connectivity index (χ3v) is 5.45. The third-order valence-electron chi connectivity index (χ3n) is 5.45. The minimum Gasteiger partial charge on any atom is -0.507 e. The minimum absolute atomic E-state index is 0.0220. The Morgan fingerprint density at radius 3 is 2.33 bits per heavy atom. The van der Waals surface area contributed by atoms with E-state index >= 15 is 0 Å². The Morgan fingerprint density at radius 2 is 1.73 bits per heavy atom. The molecule has 1 heterocycles. The van der Waals surface area contributed by atoms with Crippen molar-refractivity contribution in [3.8, 4) is 17.2 Å². The SMILES string of the molecule is CCOc1ccc([C@@H]2C(=C(O)c3ccc(OC)cc3)C(=O)C(=O)N2CCCOC)cc1OC. The molecule has 3 rings (SSSR count). The molecule has 0 radical (unpaired) electrons. The van der Waals surface area contributed by atoms with Crippen molar-refractivity contribution in [2.24, 2.45) is 0 Å². The van der Waals surface area contributed by atoms with E-state index in [9.17, 15) is 14.7 Å². The van der Waals surface area contributed by atoms with Crippen LogP contribution in [0.1, 0.15) is 30.5 Å². The van der Waals surface area contributed by atoms with Crippen LogP contribution in [0.2, 0.25) is 0 Å². The summed E-state index contributed by atoms with van der Waals surface area (Å²) in [5.41, 5.74) is 1.06. The van der Waals surface area contributed by atoms with Crippen LogP contribution in [-0.2, 0) is 14.3 Å². The number of amides is 1. The fraction of sp³-hybridized carbons (Fsp3) is 0.360. The molecule has 8 nitrogen and oxygen atoms in total. The average molecular weight is 456 g/mol. The lowest BCUT2D eigenvalue weighted by Gasteiger charge is -2.26. The Balaban J connectivity index is 2.13. The molecule has 0 spiro atoms. The van der Waals surface area contributed by atoms with E-state index in [0.29, 0.717) is 48.0 Å². The van der Waals surface area contributed by atoms with Gasteiger partial charge in [-0.15, -0.1) is 0 Å². The quantitative estimate of drug-likeness (QED) is 0.253. The van der Waals surface area contributed by atoms with E-state index in [-0.39, 0.29) is 17.9 Å². The van der Waals surface area contributed by atoms with Gasteiger partial charge in [-0.3, -0.25) is 9.59 Å².